The fraction of sp³-hybridized carbons (Fsp3) is 0.250. The Morgan fingerprint density at radius 2 is 1.83 bits per heavy atom. The van der Waals surface area contributed by atoms with Crippen LogP contribution in [-0.2, 0) is 6.54 Å². The van der Waals surface area contributed by atoms with E-state index < -0.39 is 0 Å². The molecule has 2 aromatic heterocycles. The third-order valence-corrected chi connectivity index (χ3v) is 4.91. The standard InChI is InChI=1S/C20H20N4/c1-12-9-17-19(15(4)14(12)3)20(16-7-5-6-8-21-16)23-11-18-22-10-13(2)24(17)18/h5-10H,11H2,1-4H3. The molecule has 0 N–H and O–H groups in total. The largest absolute Gasteiger partial charge is 0.299 e. The molecule has 0 aliphatic carbocycles. The topological polar surface area (TPSA) is 43.1 Å². The summed E-state index contributed by atoms with van der Waals surface area (Å²) in [5.74, 6) is 0.974. The molecule has 0 fully saturated rings. The van der Waals surface area contributed by atoms with E-state index in [1.54, 1.807) is 0 Å². The van der Waals surface area contributed by atoms with Crippen molar-refractivity contribution in [3.05, 3.63) is 76.1 Å². The molecule has 120 valence electrons. The predicted molar refractivity (Wildman–Crippen MR) is 96.1 cm³/mol. The first-order valence-electron chi connectivity index (χ1n) is 8.18. The maximum atomic E-state index is 4.89. The second-order valence-electron chi connectivity index (χ2n) is 6.37. The number of hydrogen-bond acceptors (Lipinski definition) is 3. The number of nitrogens with zero attached hydrogens (tertiary/aromatic N) is 4. The molecule has 0 unspecified atom stereocenters. The van der Waals surface area contributed by atoms with Crippen LogP contribution in [0.5, 0.6) is 0 Å². The highest BCUT2D eigenvalue weighted by Crippen LogP contribution is 2.31. The van der Waals surface area contributed by atoms with Crippen molar-refractivity contribution in [2.75, 3.05) is 0 Å². The Labute approximate surface area is 141 Å². The van der Waals surface area contributed by atoms with Crippen molar-refractivity contribution in [1.82, 2.24) is 14.5 Å². The summed E-state index contributed by atoms with van der Waals surface area (Å²) in [4.78, 5) is 14.0. The average molecular weight is 316 g/mol. The minimum Gasteiger partial charge on any atom is -0.299 e. The van der Waals surface area contributed by atoms with Crippen molar-refractivity contribution < 1.29 is 0 Å². The van der Waals surface area contributed by atoms with Crippen molar-refractivity contribution in [2.45, 2.75) is 34.2 Å². The summed E-state index contributed by atoms with van der Waals surface area (Å²) < 4.78 is 2.23. The van der Waals surface area contributed by atoms with E-state index in [4.69, 9.17) is 4.99 Å². The van der Waals surface area contributed by atoms with Gasteiger partial charge in [0.2, 0.25) is 0 Å². The van der Waals surface area contributed by atoms with Crippen molar-refractivity contribution in [3.8, 4) is 5.69 Å². The van der Waals surface area contributed by atoms with Crippen LogP contribution in [0.1, 0.15) is 39.5 Å². The first kappa shape index (κ1) is 14.8. The van der Waals surface area contributed by atoms with Gasteiger partial charge in [0.1, 0.15) is 5.82 Å². The average Bonchev–Trinajstić information content (AvgIpc) is 2.87. The smallest absolute Gasteiger partial charge is 0.135 e. The van der Waals surface area contributed by atoms with Crippen LogP contribution in [0.4, 0.5) is 0 Å². The number of aryl methyl sites for hydroxylation is 2. The van der Waals surface area contributed by atoms with Gasteiger partial charge in [-0.25, -0.2) is 4.98 Å². The van der Waals surface area contributed by atoms with Crippen molar-refractivity contribution in [3.63, 3.8) is 0 Å². The molecule has 1 aliphatic heterocycles. The molecule has 3 heterocycles. The zero-order valence-corrected chi connectivity index (χ0v) is 14.5. The van der Waals surface area contributed by atoms with E-state index in [1.807, 2.05) is 30.6 Å². The van der Waals surface area contributed by atoms with E-state index in [-0.39, 0.29) is 0 Å². The van der Waals surface area contributed by atoms with Crippen LogP contribution in [0.2, 0.25) is 0 Å². The van der Waals surface area contributed by atoms with Crippen LogP contribution in [0.15, 0.2) is 41.7 Å². The van der Waals surface area contributed by atoms with Gasteiger partial charge >= 0.3 is 0 Å². The van der Waals surface area contributed by atoms with Crippen LogP contribution in [0.25, 0.3) is 5.69 Å². The third kappa shape index (κ3) is 2.10. The highest BCUT2D eigenvalue weighted by molar-refractivity contribution is 6.15. The molecule has 4 nitrogen and oxygen atoms in total. The molecule has 3 aromatic rings. The molecular weight excluding hydrogens is 296 g/mol. The number of rotatable bonds is 1. The first-order valence-corrected chi connectivity index (χ1v) is 8.18. The SMILES string of the molecule is Cc1cc2c(c(C)c1C)C(c1ccccn1)=NCc1ncc(C)n1-2. The van der Waals surface area contributed by atoms with Gasteiger partial charge in [-0.2, -0.15) is 0 Å². The minimum absolute atomic E-state index is 0.561. The molecule has 0 saturated heterocycles. The van der Waals surface area contributed by atoms with Crippen molar-refractivity contribution in [1.29, 1.82) is 0 Å². The molecular formula is C20H20N4. The fourth-order valence-corrected chi connectivity index (χ4v) is 3.40. The van der Waals surface area contributed by atoms with Crippen LogP contribution >= 0.6 is 0 Å². The lowest BCUT2D eigenvalue weighted by Gasteiger charge is -2.19. The van der Waals surface area contributed by atoms with Gasteiger partial charge in [0.25, 0.3) is 0 Å². The zero-order valence-electron chi connectivity index (χ0n) is 14.5. The molecule has 4 heteroatoms. The summed E-state index contributed by atoms with van der Waals surface area (Å²) in [7, 11) is 0. The van der Waals surface area contributed by atoms with Gasteiger partial charge in [-0.05, 0) is 62.6 Å². The molecule has 1 aromatic carbocycles. The summed E-state index contributed by atoms with van der Waals surface area (Å²) in [6.07, 6.45) is 3.74. The molecule has 0 spiro atoms. The van der Waals surface area contributed by atoms with Crippen LogP contribution < -0.4 is 0 Å². The number of benzene rings is 1. The quantitative estimate of drug-likeness (QED) is 0.684. The maximum absolute atomic E-state index is 4.89. The molecule has 0 radical (unpaired) electrons. The van der Waals surface area contributed by atoms with E-state index in [2.05, 4.69) is 48.3 Å². The molecule has 0 bridgehead atoms. The number of pyridine rings is 1. The number of aliphatic imine (C=N–C) groups is 1. The Morgan fingerprint density at radius 3 is 2.58 bits per heavy atom. The number of hydrogen-bond donors (Lipinski definition) is 0. The van der Waals surface area contributed by atoms with Gasteiger partial charge in [-0.1, -0.05) is 6.07 Å². The zero-order chi connectivity index (χ0) is 16.8. The van der Waals surface area contributed by atoms with Crippen LogP contribution in [0.3, 0.4) is 0 Å². The number of fused-ring (bicyclic) bond motifs is 3. The number of aromatic nitrogens is 3. The first-order chi connectivity index (χ1) is 11.6. The van der Waals surface area contributed by atoms with E-state index in [0.29, 0.717) is 6.54 Å². The summed E-state index contributed by atoms with van der Waals surface area (Å²) >= 11 is 0. The summed E-state index contributed by atoms with van der Waals surface area (Å²) in [5, 5.41) is 0. The van der Waals surface area contributed by atoms with Crippen molar-refractivity contribution >= 4 is 5.71 Å². The minimum atomic E-state index is 0.561. The molecule has 0 saturated carbocycles. The van der Waals surface area contributed by atoms with Gasteiger partial charge in [0, 0.05) is 23.7 Å². The van der Waals surface area contributed by atoms with Gasteiger partial charge in [-0.15, -0.1) is 0 Å². The lowest BCUT2D eigenvalue weighted by molar-refractivity contribution is 0.861. The van der Waals surface area contributed by atoms with Crippen molar-refractivity contribution in [2.24, 2.45) is 4.99 Å². The summed E-state index contributed by atoms with van der Waals surface area (Å²) in [5.41, 5.74) is 9.16. The van der Waals surface area contributed by atoms with E-state index in [1.165, 1.54) is 16.7 Å². The highest BCUT2D eigenvalue weighted by Gasteiger charge is 2.24. The molecule has 4 rings (SSSR count). The summed E-state index contributed by atoms with van der Waals surface area (Å²) in [6.45, 7) is 9.17. The third-order valence-electron chi connectivity index (χ3n) is 4.91. The van der Waals surface area contributed by atoms with Gasteiger partial charge < -0.3 is 0 Å². The Balaban J connectivity index is 2.10. The fourth-order valence-electron chi connectivity index (χ4n) is 3.40. The lowest BCUT2D eigenvalue weighted by Crippen LogP contribution is -2.13. The monoisotopic (exact) mass is 316 g/mol. The van der Waals surface area contributed by atoms with Gasteiger partial charge in [0.05, 0.1) is 23.6 Å². The van der Waals surface area contributed by atoms with Gasteiger partial charge in [-0.3, -0.25) is 14.5 Å². The van der Waals surface area contributed by atoms with Gasteiger partial charge in [0.15, 0.2) is 0 Å². The van der Waals surface area contributed by atoms with Crippen LogP contribution in [-0.4, -0.2) is 20.2 Å². The maximum Gasteiger partial charge on any atom is 0.135 e. The normalized spacial score (nSPS) is 13.1. The Bertz CT molecular complexity index is 965. The number of imidazole rings is 1. The Kier molecular flexibility index (Phi) is 3.34. The lowest BCUT2D eigenvalue weighted by atomic mass is 9.92. The Morgan fingerprint density at radius 1 is 1.00 bits per heavy atom. The van der Waals surface area contributed by atoms with E-state index in [9.17, 15) is 0 Å². The van der Waals surface area contributed by atoms with Crippen LogP contribution in [0, 0.1) is 27.7 Å². The van der Waals surface area contributed by atoms with E-state index >= 15 is 0 Å². The molecule has 0 amide bonds. The molecule has 0 atom stereocenters. The van der Waals surface area contributed by atoms with E-state index in [0.717, 1.165) is 34.2 Å². The Hall–Kier alpha value is -2.75. The second-order valence-corrected chi connectivity index (χ2v) is 6.37. The highest BCUT2D eigenvalue weighted by atomic mass is 15.1. The summed E-state index contributed by atoms with van der Waals surface area (Å²) in [6, 6.07) is 8.22. The molecule has 1 aliphatic rings. The second kappa shape index (κ2) is 5.41. The predicted octanol–water partition coefficient (Wildman–Crippen LogP) is 3.85. The molecule has 24 heavy (non-hydrogen) atoms.